The Balaban J connectivity index is 2.82. The Kier molecular flexibility index (Phi) is 3.52. The molecule has 1 N–H and O–H groups in total. The molecule has 0 radical (unpaired) electrons. The van der Waals surface area contributed by atoms with Crippen LogP contribution in [-0.4, -0.2) is 11.2 Å². The summed E-state index contributed by atoms with van der Waals surface area (Å²) < 4.78 is 36.5. The van der Waals surface area contributed by atoms with Gasteiger partial charge in [-0.15, -0.1) is 0 Å². The first-order valence-corrected chi connectivity index (χ1v) is 4.43. The Morgan fingerprint density at radius 2 is 1.73 bits per heavy atom. The van der Waals surface area contributed by atoms with E-state index in [1.807, 2.05) is 0 Å². The normalized spacial score (nSPS) is 14.5. The van der Waals surface area contributed by atoms with E-state index < -0.39 is 17.8 Å². The van der Waals surface area contributed by atoms with Crippen LogP contribution in [0.3, 0.4) is 0 Å². The first kappa shape index (κ1) is 11.8. The van der Waals surface area contributed by atoms with Gasteiger partial charge in [0.25, 0.3) is 0 Å². The Hall–Kier alpha value is -1.29. The molecule has 1 atom stereocenters. The van der Waals surface area contributed by atoms with Gasteiger partial charge in [-0.25, -0.2) is 0 Å². The van der Waals surface area contributed by atoms with Crippen LogP contribution in [-0.2, 0) is 6.18 Å². The highest BCUT2D eigenvalue weighted by atomic mass is 19.4. The summed E-state index contributed by atoms with van der Waals surface area (Å²) in [7, 11) is 0. The van der Waals surface area contributed by atoms with Crippen LogP contribution >= 0.6 is 0 Å². The lowest BCUT2D eigenvalue weighted by atomic mass is 10.1. The summed E-state index contributed by atoms with van der Waals surface area (Å²) in [5.74, 6) is 0. The molecule has 0 amide bonds. The quantitative estimate of drug-likeness (QED) is 0.805. The monoisotopic (exact) mass is 216 g/mol. The summed E-state index contributed by atoms with van der Waals surface area (Å²) in [5.41, 5.74) is -0.0411. The maximum Gasteiger partial charge on any atom is 0.416 e. The van der Waals surface area contributed by atoms with Crippen LogP contribution in [0.1, 0.15) is 18.1 Å². The smallest absolute Gasteiger partial charge is 0.389 e. The molecule has 0 heterocycles. The van der Waals surface area contributed by atoms with E-state index in [1.165, 1.54) is 18.2 Å². The lowest BCUT2D eigenvalue weighted by molar-refractivity contribution is -0.137. The number of aliphatic hydroxyl groups excluding tert-OH is 1. The molecule has 0 aromatic heterocycles. The minimum atomic E-state index is -4.30. The third-order valence-electron chi connectivity index (χ3n) is 1.81. The third-order valence-corrected chi connectivity index (χ3v) is 1.81. The molecule has 1 nitrogen and oxygen atoms in total. The van der Waals surface area contributed by atoms with Gasteiger partial charge in [-0.3, -0.25) is 0 Å². The van der Waals surface area contributed by atoms with Gasteiger partial charge in [-0.1, -0.05) is 24.3 Å². The molecule has 1 aromatic rings. The lowest BCUT2D eigenvalue weighted by Crippen LogP contribution is -2.04. The number of halogens is 3. The number of rotatable bonds is 2. The van der Waals surface area contributed by atoms with E-state index in [9.17, 15) is 13.2 Å². The molecule has 0 saturated heterocycles. The number of aliphatic hydroxyl groups is 1. The minimum Gasteiger partial charge on any atom is -0.389 e. The fourth-order valence-corrected chi connectivity index (χ4v) is 1.03. The highest BCUT2D eigenvalue weighted by molar-refractivity contribution is 5.50. The zero-order valence-corrected chi connectivity index (χ0v) is 8.12. The fourth-order valence-electron chi connectivity index (χ4n) is 1.03. The first-order valence-electron chi connectivity index (χ1n) is 4.43. The topological polar surface area (TPSA) is 20.2 Å². The molecular weight excluding hydrogens is 205 g/mol. The van der Waals surface area contributed by atoms with Crippen LogP contribution in [0.25, 0.3) is 6.08 Å². The Bertz CT molecular complexity index is 336. The summed E-state index contributed by atoms with van der Waals surface area (Å²) >= 11 is 0. The van der Waals surface area contributed by atoms with Crippen LogP contribution in [0.4, 0.5) is 13.2 Å². The predicted octanol–water partition coefficient (Wildman–Crippen LogP) is 3.10. The van der Waals surface area contributed by atoms with Crippen molar-refractivity contribution >= 4 is 6.08 Å². The van der Waals surface area contributed by atoms with E-state index in [0.29, 0.717) is 5.56 Å². The molecule has 82 valence electrons. The lowest BCUT2D eigenvalue weighted by Gasteiger charge is -2.05. The van der Waals surface area contributed by atoms with Gasteiger partial charge >= 0.3 is 6.18 Å². The van der Waals surface area contributed by atoms with Crippen molar-refractivity contribution in [2.45, 2.75) is 19.2 Å². The molecule has 4 heteroatoms. The average Bonchev–Trinajstić information content (AvgIpc) is 2.14. The summed E-state index contributed by atoms with van der Waals surface area (Å²) in [4.78, 5) is 0. The Morgan fingerprint density at radius 3 is 2.13 bits per heavy atom. The van der Waals surface area contributed by atoms with Gasteiger partial charge in [0.1, 0.15) is 0 Å². The zero-order chi connectivity index (χ0) is 11.5. The van der Waals surface area contributed by atoms with Crippen molar-refractivity contribution in [3.05, 3.63) is 41.5 Å². The van der Waals surface area contributed by atoms with E-state index in [-0.39, 0.29) is 0 Å². The molecule has 0 aliphatic heterocycles. The van der Waals surface area contributed by atoms with Crippen molar-refractivity contribution in [2.75, 3.05) is 0 Å². The number of hydrogen-bond donors (Lipinski definition) is 1. The summed E-state index contributed by atoms with van der Waals surface area (Å²) in [5, 5.41) is 8.93. The SMILES string of the molecule is CC(O)C=Cc1ccc(C(F)(F)F)cc1. The van der Waals surface area contributed by atoms with Crippen LogP contribution in [0, 0.1) is 0 Å². The van der Waals surface area contributed by atoms with Crippen molar-refractivity contribution < 1.29 is 18.3 Å². The van der Waals surface area contributed by atoms with E-state index in [2.05, 4.69) is 0 Å². The molecule has 0 fully saturated rings. The molecule has 15 heavy (non-hydrogen) atoms. The Labute approximate surface area is 85.9 Å². The van der Waals surface area contributed by atoms with Crippen molar-refractivity contribution in [2.24, 2.45) is 0 Å². The van der Waals surface area contributed by atoms with Crippen molar-refractivity contribution in [3.8, 4) is 0 Å². The molecule has 1 unspecified atom stereocenters. The largest absolute Gasteiger partial charge is 0.416 e. The van der Waals surface area contributed by atoms with Gasteiger partial charge in [-0.2, -0.15) is 13.2 Å². The van der Waals surface area contributed by atoms with Gasteiger partial charge in [0.05, 0.1) is 11.7 Å². The summed E-state index contributed by atoms with van der Waals surface area (Å²) in [6, 6.07) is 4.76. The van der Waals surface area contributed by atoms with Crippen LogP contribution in [0.5, 0.6) is 0 Å². The zero-order valence-electron chi connectivity index (χ0n) is 8.12. The summed E-state index contributed by atoms with van der Waals surface area (Å²) in [6.07, 6.45) is -1.83. The standard InChI is InChI=1S/C11H11F3O/c1-8(15)2-3-9-4-6-10(7-5-9)11(12,13)14/h2-8,15H,1H3. The van der Waals surface area contributed by atoms with Gasteiger partial charge in [-0.05, 0) is 24.6 Å². The molecule has 0 spiro atoms. The minimum absolute atomic E-state index is 0.604. The highest BCUT2D eigenvalue weighted by Gasteiger charge is 2.29. The van der Waals surface area contributed by atoms with Gasteiger partial charge < -0.3 is 5.11 Å². The van der Waals surface area contributed by atoms with Crippen LogP contribution in [0.15, 0.2) is 30.3 Å². The van der Waals surface area contributed by atoms with E-state index >= 15 is 0 Å². The van der Waals surface area contributed by atoms with Gasteiger partial charge in [0, 0.05) is 0 Å². The van der Waals surface area contributed by atoms with Crippen molar-refractivity contribution in [3.63, 3.8) is 0 Å². The number of benzene rings is 1. The van der Waals surface area contributed by atoms with Gasteiger partial charge in [0.15, 0.2) is 0 Å². The molecule has 0 aliphatic carbocycles. The molecule has 0 aliphatic rings. The van der Waals surface area contributed by atoms with Crippen LogP contribution in [0.2, 0.25) is 0 Å². The van der Waals surface area contributed by atoms with Gasteiger partial charge in [0.2, 0.25) is 0 Å². The molecule has 0 bridgehead atoms. The van der Waals surface area contributed by atoms with E-state index in [1.54, 1.807) is 13.0 Å². The van der Waals surface area contributed by atoms with E-state index in [4.69, 9.17) is 5.11 Å². The number of hydrogen-bond acceptors (Lipinski definition) is 1. The Morgan fingerprint density at radius 1 is 1.20 bits per heavy atom. The summed E-state index contributed by atoms with van der Waals surface area (Å²) in [6.45, 7) is 1.57. The van der Waals surface area contributed by atoms with Crippen molar-refractivity contribution in [1.29, 1.82) is 0 Å². The molecule has 1 rings (SSSR count). The maximum absolute atomic E-state index is 12.2. The second-order valence-corrected chi connectivity index (χ2v) is 3.22. The first-order chi connectivity index (χ1) is 6.89. The molecular formula is C11H11F3O. The van der Waals surface area contributed by atoms with E-state index in [0.717, 1.165) is 12.1 Å². The third kappa shape index (κ3) is 3.75. The predicted molar refractivity (Wildman–Crippen MR) is 52.2 cm³/mol. The average molecular weight is 216 g/mol. The highest BCUT2D eigenvalue weighted by Crippen LogP contribution is 2.29. The maximum atomic E-state index is 12.2. The van der Waals surface area contributed by atoms with Crippen molar-refractivity contribution in [1.82, 2.24) is 0 Å². The number of alkyl halides is 3. The molecule has 0 saturated carbocycles. The second kappa shape index (κ2) is 4.49. The fraction of sp³-hybridized carbons (Fsp3) is 0.273. The molecule has 1 aromatic carbocycles. The van der Waals surface area contributed by atoms with Crippen LogP contribution < -0.4 is 0 Å². The second-order valence-electron chi connectivity index (χ2n) is 3.22.